The highest BCUT2D eigenvalue weighted by molar-refractivity contribution is 7.92. The molecule has 0 unspecified atom stereocenters. The number of fused-ring (bicyclic) bond motifs is 4. The van der Waals surface area contributed by atoms with Gasteiger partial charge >= 0.3 is 0 Å². The summed E-state index contributed by atoms with van der Waals surface area (Å²) in [5.41, 5.74) is 3.10. The zero-order valence-corrected chi connectivity index (χ0v) is 16.9. The van der Waals surface area contributed by atoms with E-state index in [0.29, 0.717) is 24.7 Å². The van der Waals surface area contributed by atoms with Gasteiger partial charge in [0.05, 0.1) is 16.6 Å². The summed E-state index contributed by atoms with van der Waals surface area (Å²) >= 11 is 0. The summed E-state index contributed by atoms with van der Waals surface area (Å²) in [6.45, 7) is 4.73. The van der Waals surface area contributed by atoms with Gasteiger partial charge in [0.25, 0.3) is 10.0 Å². The maximum Gasteiger partial charge on any atom is 0.264 e. The first-order chi connectivity index (χ1) is 13.4. The van der Waals surface area contributed by atoms with Gasteiger partial charge in [-0.2, -0.15) is 0 Å². The topological polar surface area (TPSA) is 59.1 Å². The van der Waals surface area contributed by atoms with E-state index in [4.69, 9.17) is 9.47 Å². The monoisotopic (exact) mass is 400 g/mol. The number of rotatable bonds is 2. The summed E-state index contributed by atoms with van der Waals surface area (Å²) in [6, 6.07) is 11.0. The van der Waals surface area contributed by atoms with Crippen molar-refractivity contribution in [2.45, 2.75) is 30.2 Å². The number of sulfonamides is 1. The van der Waals surface area contributed by atoms with Gasteiger partial charge in [0.2, 0.25) is 0 Å². The number of likely N-dealkylation sites (tertiary alicyclic amines) is 1. The third-order valence-electron chi connectivity index (χ3n) is 5.97. The Morgan fingerprint density at radius 3 is 2.64 bits per heavy atom. The molecule has 0 amide bonds. The Labute approximate surface area is 165 Å². The molecule has 0 aromatic heterocycles. The van der Waals surface area contributed by atoms with Crippen LogP contribution in [-0.2, 0) is 10.0 Å². The van der Waals surface area contributed by atoms with E-state index in [2.05, 4.69) is 24.9 Å². The highest BCUT2D eigenvalue weighted by atomic mass is 32.2. The largest absolute Gasteiger partial charge is 0.486 e. The van der Waals surface area contributed by atoms with Crippen LogP contribution in [0.5, 0.6) is 11.5 Å². The third-order valence-corrected chi connectivity index (χ3v) is 7.81. The molecule has 0 spiro atoms. The molecule has 1 fully saturated rings. The van der Waals surface area contributed by atoms with Gasteiger partial charge in [-0.05, 0) is 50.7 Å². The number of hydrogen-bond acceptors (Lipinski definition) is 5. The summed E-state index contributed by atoms with van der Waals surface area (Å²) in [5, 5.41) is 0. The van der Waals surface area contributed by atoms with E-state index in [1.54, 1.807) is 22.5 Å². The second kappa shape index (κ2) is 6.39. The van der Waals surface area contributed by atoms with Crippen molar-refractivity contribution in [3.05, 3.63) is 47.5 Å². The lowest BCUT2D eigenvalue weighted by Crippen LogP contribution is -2.47. The highest BCUT2D eigenvalue weighted by Gasteiger charge is 2.46. The van der Waals surface area contributed by atoms with Crippen molar-refractivity contribution in [2.24, 2.45) is 0 Å². The standard InChI is InChI=1S/C21H24N2O4S/c1-14-3-5-18-16(11-14)17-13-22(2)8-7-19(17)23(18)28(24,25)15-4-6-20-21(12-15)27-10-9-26-20/h3-6,11-12,17,19H,7-10,13H2,1-2H3/t17-,19-/m0/s1. The molecule has 2 aromatic carbocycles. The predicted molar refractivity (Wildman–Crippen MR) is 107 cm³/mol. The summed E-state index contributed by atoms with van der Waals surface area (Å²) in [7, 11) is -1.61. The molecule has 0 bridgehead atoms. The van der Waals surface area contributed by atoms with Crippen molar-refractivity contribution < 1.29 is 17.9 Å². The zero-order chi connectivity index (χ0) is 19.5. The molecule has 28 heavy (non-hydrogen) atoms. The third kappa shape index (κ3) is 2.68. The van der Waals surface area contributed by atoms with E-state index >= 15 is 0 Å². The maximum absolute atomic E-state index is 13.7. The van der Waals surface area contributed by atoms with Crippen LogP contribution in [0.1, 0.15) is 23.5 Å². The average Bonchev–Trinajstić information content (AvgIpc) is 3.01. The first kappa shape index (κ1) is 17.8. The second-order valence-corrected chi connectivity index (χ2v) is 9.71. The molecule has 0 radical (unpaired) electrons. The molecule has 0 aliphatic carbocycles. The van der Waals surface area contributed by atoms with Gasteiger partial charge in [0, 0.05) is 18.5 Å². The van der Waals surface area contributed by atoms with E-state index in [1.165, 1.54) is 0 Å². The van der Waals surface area contributed by atoms with Crippen molar-refractivity contribution in [1.29, 1.82) is 0 Å². The van der Waals surface area contributed by atoms with Crippen LogP contribution < -0.4 is 13.8 Å². The molecule has 1 saturated heterocycles. The van der Waals surface area contributed by atoms with Crippen molar-refractivity contribution in [3.63, 3.8) is 0 Å². The second-order valence-electron chi connectivity index (χ2n) is 7.89. The SMILES string of the molecule is Cc1ccc2c(c1)[C@@H]1CN(C)CC[C@@H]1N2S(=O)(=O)c1ccc2c(c1)OCCO2. The number of anilines is 1. The number of benzene rings is 2. The Kier molecular flexibility index (Phi) is 4.07. The van der Waals surface area contributed by atoms with Crippen LogP contribution in [0.25, 0.3) is 0 Å². The van der Waals surface area contributed by atoms with Gasteiger partial charge in [-0.1, -0.05) is 17.7 Å². The van der Waals surface area contributed by atoms with Crippen molar-refractivity contribution in [3.8, 4) is 11.5 Å². The number of nitrogens with zero attached hydrogens (tertiary/aromatic N) is 2. The van der Waals surface area contributed by atoms with Gasteiger partial charge in [-0.3, -0.25) is 4.31 Å². The highest BCUT2D eigenvalue weighted by Crippen LogP contribution is 2.48. The van der Waals surface area contributed by atoms with Crippen LogP contribution in [0.4, 0.5) is 5.69 Å². The minimum absolute atomic E-state index is 0.0498. The minimum Gasteiger partial charge on any atom is -0.486 e. The molecule has 0 saturated carbocycles. The molecule has 3 aliphatic heterocycles. The zero-order valence-electron chi connectivity index (χ0n) is 16.1. The van der Waals surface area contributed by atoms with Crippen LogP contribution in [-0.4, -0.2) is 52.7 Å². The van der Waals surface area contributed by atoms with E-state index in [0.717, 1.165) is 36.3 Å². The van der Waals surface area contributed by atoms with Gasteiger partial charge in [0.1, 0.15) is 13.2 Å². The van der Waals surface area contributed by atoms with E-state index in [1.807, 2.05) is 12.1 Å². The van der Waals surface area contributed by atoms with Gasteiger partial charge in [0.15, 0.2) is 11.5 Å². The summed E-state index contributed by atoms with van der Waals surface area (Å²) < 4.78 is 40.3. The van der Waals surface area contributed by atoms with Gasteiger partial charge in [-0.25, -0.2) is 8.42 Å². The number of ether oxygens (including phenoxy) is 2. The summed E-state index contributed by atoms with van der Waals surface area (Å²) in [4.78, 5) is 2.54. The molecule has 6 nitrogen and oxygen atoms in total. The summed E-state index contributed by atoms with van der Waals surface area (Å²) in [5.74, 6) is 1.29. The minimum atomic E-state index is -3.71. The van der Waals surface area contributed by atoms with Gasteiger partial charge < -0.3 is 14.4 Å². The lowest BCUT2D eigenvalue weighted by atomic mass is 9.89. The molecule has 148 valence electrons. The average molecular weight is 401 g/mol. The lowest BCUT2D eigenvalue weighted by Gasteiger charge is -2.36. The molecule has 3 heterocycles. The normalized spacial score (nSPS) is 24.0. The molecule has 5 rings (SSSR count). The molecule has 2 atom stereocenters. The van der Waals surface area contributed by atoms with E-state index in [-0.39, 0.29) is 16.9 Å². The number of aryl methyl sites for hydroxylation is 1. The lowest BCUT2D eigenvalue weighted by molar-refractivity contribution is 0.171. The molecular formula is C21H24N2O4S. The fraction of sp³-hybridized carbons (Fsp3) is 0.429. The van der Waals surface area contributed by atoms with E-state index < -0.39 is 10.0 Å². The molecule has 7 heteroatoms. The molecule has 2 aromatic rings. The Hall–Kier alpha value is -2.25. The van der Waals surface area contributed by atoms with E-state index in [9.17, 15) is 8.42 Å². The quantitative estimate of drug-likeness (QED) is 0.776. The van der Waals surface area contributed by atoms with Crippen molar-refractivity contribution in [2.75, 3.05) is 37.7 Å². The number of likely N-dealkylation sites (N-methyl/N-ethyl adjacent to an activating group) is 1. The number of piperidine rings is 1. The smallest absolute Gasteiger partial charge is 0.264 e. The fourth-order valence-corrected chi connectivity index (χ4v) is 6.40. The van der Waals surface area contributed by atoms with Crippen LogP contribution in [0.2, 0.25) is 0 Å². The predicted octanol–water partition coefficient (Wildman–Crippen LogP) is 2.76. The van der Waals surface area contributed by atoms with Crippen LogP contribution >= 0.6 is 0 Å². The first-order valence-corrected chi connectivity index (χ1v) is 11.1. The molecule has 0 N–H and O–H groups in total. The fourth-order valence-electron chi connectivity index (χ4n) is 4.64. The first-order valence-electron chi connectivity index (χ1n) is 9.68. The van der Waals surface area contributed by atoms with Crippen LogP contribution in [0.15, 0.2) is 41.3 Å². The maximum atomic E-state index is 13.7. The van der Waals surface area contributed by atoms with Crippen molar-refractivity contribution in [1.82, 2.24) is 4.90 Å². The van der Waals surface area contributed by atoms with Gasteiger partial charge in [-0.15, -0.1) is 0 Å². The molecule has 3 aliphatic rings. The Bertz CT molecular complexity index is 1040. The van der Waals surface area contributed by atoms with Crippen LogP contribution in [0, 0.1) is 6.92 Å². The Balaban J connectivity index is 1.61. The summed E-state index contributed by atoms with van der Waals surface area (Å²) in [6.07, 6.45) is 0.818. The number of hydrogen-bond donors (Lipinski definition) is 0. The van der Waals surface area contributed by atoms with Crippen LogP contribution in [0.3, 0.4) is 0 Å². The Morgan fingerprint density at radius 2 is 1.82 bits per heavy atom. The molecular weight excluding hydrogens is 376 g/mol. The Morgan fingerprint density at radius 1 is 1.04 bits per heavy atom. The van der Waals surface area contributed by atoms with Crippen molar-refractivity contribution >= 4 is 15.7 Å².